The smallest absolute Gasteiger partial charge is 0.127 e. The third kappa shape index (κ3) is 1.66. The van der Waals surface area contributed by atoms with Gasteiger partial charge < -0.3 is 10.8 Å². The fraction of sp³-hybridized carbons (Fsp3) is 0.182. The topological polar surface area (TPSA) is 64.1 Å². The molecule has 0 atom stereocenters. The van der Waals surface area contributed by atoms with Crippen molar-refractivity contribution in [3.63, 3.8) is 0 Å². The summed E-state index contributed by atoms with van der Waals surface area (Å²) in [6.07, 6.45) is 0. The first-order valence-corrected chi connectivity index (χ1v) is 4.70. The molecule has 78 valence electrons. The SMILES string of the molecule is Cc1cc(N)n(-c2ccc(O)cc2C)n1. The van der Waals surface area contributed by atoms with Crippen LogP contribution in [0.25, 0.3) is 5.69 Å². The number of aromatic hydroxyl groups is 1. The number of benzene rings is 1. The Balaban J connectivity index is 2.59. The van der Waals surface area contributed by atoms with E-state index >= 15 is 0 Å². The Morgan fingerprint density at radius 3 is 2.53 bits per heavy atom. The minimum absolute atomic E-state index is 0.249. The van der Waals surface area contributed by atoms with Crippen molar-refractivity contribution in [3.8, 4) is 11.4 Å². The molecule has 0 aliphatic heterocycles. The Labute approximate surface area is 88.0 Å². The second-order valence-corrected chi connectivity index (χ2v) is 3.59. The van der Waals surface area contributed by atoms with Gasteiger partial charge in [0.25, 0.3) is 0 Å². The summed E-state index contributed by atoms with van der Waals surface area (Å²) in [4.78, 5) is 0. The predicted molar refractivity (Wildman–Crippen MR) is 59.1 cm³/mol. The zero-order valence-corrected chi connectivity index (χ0v) is 8.73. The summed E-state index contributed by atoms with van der Waals surface area (Å²) in [5.74, 6) is 0.847. The first-order valence-electron chi connectivity index (χ1n) is 4.70. The molecule has 0 unspecified atom stereocenters. The van der Waals surface area contributed by atoms with Gasteiger partial charge in [-0.1, -0.05) is 0 Å². The normalized spacial score (nSPS) is 10.5. The fourth-order valence-electron chi connectivity index (χ4n) is 1.59. The maximum absolute atomic E-state index is 9.30. The standard InChI is InChI=1S/C11H13N3O/c1-7-5-9(15)3-4-10(7)14-11(12)6-8(2)13-14/h3-6,15H,12H2,1-2H3. The van der Waals surface area contributed by atoms with Gasteiger partial charge in [-0.15, -0.1) is 0 Å². The maximum atomic E-state index is 9.30. The van der Waals surface area contributed by atoms with Crippen LogP contribution in [0.4, 0.5) is 5.82 Å². The Kier molecular flexibility index (Phi) is 2.11. The van der Waals surface area contributed by atoms with E-state index in [9.17, 15) is 5.11 Å². The van der Waals surface area contributed by atoms with Crippen LogP contribution in [0.2, 0.25) is 0 Å². The van der Waals surface area contributed by atoms with E-state index < -0.39 is 0 Å². The molecule has 0 spiro atoms. The fourth-order valence-corrected chi connectivity index (χ4v) is 1.59. The first-order chi connectivity index (χ1) is 7.08. The van der Waals surface area contributed by atoms with Crippen LogP contribution in [0.1, 0.15) is 11.3 Å². The molecular formula is C11H13N3O. The number of phenols is 1. The minimum atomic E-state index is 0.249. The summed E-state index contributed by atoms with van der Waals surface area (Å²) >= 11 is 0. The lowest BCUT2D eigenvalue weighted by Gasteiger charge is -2.07. The molecule has 0 amide bonds. The summed E-state index contributed by atoms with van der Waals surface area (Å²) in [5, 5.41) is 13.6. The van der Waals surface area contributed by atoms with Crippen molar-refractivity contribution in [2.24, 2.45) is 0 Å². The average Bonchev–Trinajstić information content (AvgIpc) is 2.45. The van der Waals surface area contributed by atoms with Crippen LogP contribution in [0, 0.1) is 13.8 Å². The van der Waals surface area contributed by atoms with Gasteiger partial charge in [-0.25, -0.2) is 4.68 Å². The van der Waals surface area contributed by atoms with Crippen LogP contribution in [-0.4, -0.2) is 14.9 Å². The van der Waals surface area contributed by atoms with Gasteiger partial charge in [-0.2, -0.15) is 5.10 Å². The number of nitrogens with two attached hydrogens (primary N) is 1. The zero-order chi connectivity index (χ0) is 11.0. The highest BCUT2D eigenvalue weighted by molar-refractivity contribution is 5.49. The van der Waals surface area contributed by atoms with Gasteiger partial charge in [0.2, 0.25) is 0 Å². The van der Waals surface area contributed by atoms with Gasteiger partial charge in [-0.05, 0) is 37.6 Å². The molecule has 4 nitrogen and oxygen atoms in total. The highest BCUT2D eigenvalue weighted by Gasteiger charge is 2.07. The lowest BCUT2D eigenvalue weighted by molar-refractivity contribution is 0.474. The van der Waals surface area contributed by atoms with E-state index in [0.717, 1.165) is 16.9 Å². The molecule has 1 aromatic heterocycles. The van der Waals surface area contributed by atoms with Crippen LogP contribution in [0.15, 0.2) is 24.3 Å². The van der Waals surface area contributed by atoms with Crippen molar-refractivity contribution in [1.82, 2.24) is 9.78 Å². The van der Waals surface area contributed by atoms with E-state index in [1.807, 2.05) is 19.9 Å². The molecule has 0 aliphatic carbocycles. The minimum Gasteiger partial charge on any atom is -0.508 e. The Morgan fingerprint density at radius 2 is 2.00 bits per heavy atom. The Hall–Kier alpha value is -1.97. The van der Waals surface area contributed by atoms with Crippen LogP contribution >= 0.6 is 0 Å². The summed E-state index contributed by atoms with van der Waals surface area (Å²) in [6, 6.07) is 6.92. The van der Waals surface area contributed by atoms with E-state index in [1.54, 1.807) is 22.9 Å². The largest absolute Gasteiger partial charge is 0.508 e. The number of nitrogen functional groups attached to an aromatic ring is 1. The highest BCUT2D eigenvalue weighted by Crippen LogP contribution is 2.21. The van der Waals surface area contributed by atoms with Crippen molar-refractivity contribution < 1.29 is 5.11 Å². The average molecular weight is 203 g/mol. The Morgan fingerprint density at radius 1 is 1.27 bits per heavy atom. The van der Waals surface area contributed by atoms with E-state index in [1.165, 1.54) is 0 Å². The number of rotatable bonds is 1. The third-order valence-corrected chi connectivity index (χ3v) is 2.27. The predicted octanol–water partition coefficient (Wildman–Crippen LogP) is 1.78. The first kappa shape index (κ1) is 9.58. The van der Waals surface area contributed by atoms with E-state index in [4.69, 9.17) is 5.73 Å². The molecule has 0 radical (unpaired) electrons. The van der Waals surface area contributed by atoms with Gasteiger partial charge in [-0.3, -0.25) is 0 Å². The summed E-state index contributed by atoms with van der Waals surface area (Å²) in [6.45, 7) is 3.80. The van der Waals surface area contributed by atoms with Crippen LogP contribution in [0.5, 0.6) is 5.75 Å². The summed E-state index contributed by atoms with van der Waals surface area (Å²) in [5.41, 5.74) is 8.52. The second-order valence-electron chi connectivity index (χ2n) is 3.59. The Bertz CT molecular complexity index is 503. The molecule has 0 saturated heterocycles. The van der Waals surface area contributed by atoms with Gasteiger partial charge in [0.05, 0.1) is 11.4 Å². The molecule has 1 aromatic carbocycles. The van der Waals surface area contributed by atoms with Gasteiger partial charge in [0, 0.05) is 6.07 Å². The van der Waals surface area contributed by atoms with Crippen LogP contribution in [0.3, 0.4) is 0 Å². The molecule has 0 aliphatic rings. The number of hydrogen-bond donors (Lipinski definition) is 2. The molecule has 3 N–H and O–H groups in total. The molecule has 0 fully saturated rings. The van der Waals surface area contributed by atoms with Crippen LogP contribution < -0.4 is 5.73 Å². The van der Waals surface area contributed by atoms with E-state index in [0.29, 0.717) is 5.82 Å². The van der Waals surface area contributed by atoms with E-state index in [-0.39, 0.29) is 5.75 Å². The third-order valence-electron chi connectivity index (χ3n) is 2.27. The molecule has 0 saturated carbocycles. The molecular weight excluding hydrogens is 190 g/mol. The van der Waals surface area contributed by atoms with Crippen LogP contribution in [-0.2, 0) is 0 Å². The van der Waals surface area contributed by atoms with Crippen molar-refractivity contribution in [2.75, 3.05) is 5.73 Å². The molecule has 15 heavy (non-hydrogen) atoms. The molecule has 4 heteroatoms. The number of nitrogens with zero attached hydrogens (tertiary/aromatic N) is 2. The molecule has 0 bridgehead atoms. The lowest BCUT2D eigenvalue weighted by atomic mass is 10.2. The van der Waals surface area contributed by atoms with E-state index in [2.05, 4.69) is 5.10 Å². The number of hydrogen-bond acceptors (Lipinski definition) is 3. The van der Waals surface area contributed by atoms with Crippen molar-refractivity contribution in [2.45, 2.75) is 13.8 Å². The number of phenolic OH excluding ortho intramolecular Hbond substituents is 1. The van der Waals surface area contributed by atoms with Gasteiger partial charge in [0.1, 0.15) is 11.6 Å². The quantitative estimate of drug-likeness (QED) is 0.742. The number of aromatic nitrogens is 2. The molecule has 2 rings (SSSR count). The maximum Gasteiger partial charge on any atom is 0.127 e. The zero-order valence-electron chi connectivity index (χ0n) is 8.73. The molecule has 2 aromatic rings. The van der Waals surface area contributed by atoms with Crippen molar-refractivity contribution >= 4 is 5.82 Å². The van der Waals surface area contributed by atoms with Crippen molar-refractivity contribution in [1.29, 1.82) is 0 Å². The molecule has 1 heterocycles. The lowest BCUT2D eigenvalue weighted by Crippen LogP contribution is -2.03. The summed E-state index contributed by atoms with van der Waals surface area (Å²) in [7, 11) is 0. The van der Waals surface area contributed by atoms with Gasteiger partial charge in [0.15, 0.2) is 0 Å². The number of anilines is 1. The summed E-state index contributed by atoms with van der Waals surface area (Å²) < 4.78 is 1.67. The highest BCUT2D eigenvalue weighted by atomic mass is 16.3. The second kappa shape index (κ2) is 3.31. The number of aryl methyl sites for hydroxylation is 2. The van der Waals surface area contributed by atoms with Crippen molar-refractivity contribution in [3.05, 3.63) is 35.5 Å². The monoisotopic (exact) mass is 203 g/mol. The van der Waals surface area contributed by atoms with Gasteiger partial charge >= 0.3 is 0 Å².